The second-order valence-corrected chi connectivity index (χ2v) is 5.59. The number of nitrogen functional groups attached to an aromatic ring is 1. The summed E-state index contributed by atoms with van der Waals surface area (Å²) in [5.41, 5.74) is 7.66. The van der Waals surface area contributed by atoms with Crippen molar-refractivity contribution in [1.82, 2.24) is 9.38 Å². The van der Waals surface area contributed by atoms with E-state index in [1.807, 2.05) is 22.7 Å². The molecule has 5 heteroatoms. The second-order valence-electron chi connectivity index (χ2n) is 4.01. The molecule has 0 aliphatic carbocycles. The Kier molecular flexibility index (Phi) is 2.76. The van der Waals surface area contributed by atoms with Gasteiger partial charge in [-0.3, -0.25) is 4.40 Å². The quantitative estimate of drug-likeness (QED) is 0.773. The number of anilines is 1. The molecular weight excluding hydrogens is 266 g/mol. The minimum atomic E-state index is 0.614. The van der Waals surface area contributed by atoms with Crippen molar-refractivity contribution >= 4 is 34.4 Å². The Hall–Kier alpha value is -1.52. The highest BCUT2D eigenvalue weighted by Gasteiger charge is 2.14. The molecule has 3 aromatic heterocycles. The number of aromatic nitrogens is 2. The Morgan fingerprint density at radius 3 is 2.89 bits per heavy atom. The summed E-state index contributed by atoms with van der Waals surface area (Å²) in [6.07, 6.45) is 2.90. The Labute approximate surface area is 114 Å². The molecule has 92 valence electrons. The minimum Gasteiger partial charge on any atom is -0.383 e. The number of nitrogens with two attached hydrogens (primary N) is 1. The van der Waals surface area contributed by atoms with E-state index in [1.165, 1.54) is 4.88 Å². The first-order valence-electron chi connectivity index (χ1n) is 5.72. The lowest BCUT2D eigenvalue weighted by molar-refractivity contribution is 1.19. The van der Waals surface area contributed by atoms with Gasteiger partial charge in [-0.1, -0.05) is 18.5 Å². The average Bonchev–Trinajstić information content (AvgIpc) is 2.96. The standard InChI is InChI=1S/C13H12ClN3S/c1-2-8-5-6-10(18-8)11-12(15)17-7-3-4-9(14)13(17)16-11/h3-7H,2,15H2,1H3. The molecule has 0 aromatic carbocycles. The summed E-state index contributed by atoms with van der Waals surface area (Å²) >= 11 is 7.85. The monoisotopic (exact) mass is 277 g/mol. The molecule has 3 rings (SSSR count). The van der Waals surface area contributed by atoms with Crippen LogP contribution in [-0.4, -0.2) is 9.38 Å². The van der Waals surface area contributed by atoms with Gasteiger partial charge in [-0.05, 0) is 30.7 Å². The van der Waals surface area contributed by atoms with Crippen LogP contribution in [0.2, 0.25) is 5.02 Å². The predicted molar refractivity (Wildman–Crippen MR) is 77.3 cm³/mol. The largest absolute Gasteiger partial charge is 0.383 e. The molecule has 0 amide bonds. The van der Waals surface area contributed by atoms with Crippen LogP contribution in [0.25, 0.3) is 16.2 Å². The summed E-state index contributed by atoms with van der Waals surface area (Å²) in [5.74, 6) is 0.636. The van der Waals surface area contributed by atoms with E-state index < -0.39 is 0 Å². The number of fused-ring (bicyclic) bond motifs is 1. The third-order valence-electron chi connectivity index (χ3n) is 2.88. The van der Waals surface area contributed by atoms with Gasteiger partial charge in [-0.25, -0.2) is 4.98 Å². The van der Waals surface area contributed by atoms with E-state index in [4.69, 9.17) is 17.3 Å². The van der Waals surface area contributed by atoms with Crippen molar-refractivity contribution in [2.45, 2.75) is 13.3 Å². The van der Waals surface area contributed by atoms with Gasteiger partial charge in [0.2, 0.25) is 0 Å². The van der Waals surface area contributed by atoms with E-state index in [0.29, 0.717) is 16.5 Å². The summed E-state index contributed by atoms with van der Waals surface area (Å²) in [7, 11) is 0. The number of hydrogen-bond donors (Lipinski definition) is 1. The van der Waals surface area contributed by atoms with Crippen molar-refractivity contribution < 1.29 is 0 Å². The lowest BCUT2D eigenvalue weighted by Gasteiger charge is -1.96. The Bertz CT molecular complexity index is 714. The molecular formula is C13H12ClN3S. The topological polar surface area (TPSA) is 43.3 Å². The van der Waals surface area contributed by atoms with E-state index >= 15 is 0 Å². The zero-order chi connectivity index (χ0) is 12.7. The van der Waals surface area contributed by atoms with Gasteiger partial charge in [-0.15, -0.1) is 11.3 Å². The molecule has 0 bridgehead atoms. The fraction of sp³-hybridized carbons (Fsp3) is 0.154. The molecule has 0 atom stereocenters. The van der Waals surface area contributed by atoms with E-state index in [-0.39, 0.29) is 0 Å². The molecule has 0 unspecified atom stereocenters. The number of hydrogen-bond acceptors (Lipinski definition) is 3. The number of imidazole rings is 1. The van der Waals surface area contributed by atoms with E-state index in [2.05, 4.69) is 24.0 Å². The molecule has 0 saturated heterocycles. The Morgan fingerprint density at radius 1 is 1.39 bits per heavy atom. The molecule has 0 aliphatic rings. The molecule has 0 saturated carbocycles. The van der Waals surface area contributed by atoms with Crippen molar-refractivity contribution in [2.24, 2.45) is 0 Å². The third kappa shape index (κ3) is 1.69. The molecule has 18 heavy (non-hydrogen) atoms. The molecule has 3 heterocycles. The summed E-state index contributed by atoms with van der Waals surface area (Å²) in [6.45, 7) is 2.14. The summed E-state index contributed by atoms with van der Waals surface area (Å²) in [6, 6.07) is 7.86. The molecule has 3 aromatic rings. The van der Waals surface area contributed by atoms with Crippen LogP contribution < -0.4 is 5.73 Å². The summed E-state index contributed by atoms with van der Waals surface area (Å²) in [5, 5.41) is 0.614. The van der Waals surface area contributed by atoms with Gasteiger partial charge in [0, 0.05) is 11.1 Å². The van der Waals surface area contributed by atoms with E-state index in [0.717, 1.165) is 17.0 Å². The zero-order valence-electron chi connectivity index (χ0n) is 9.85. The molecule has 2 N–H and O–H groups in total. The van der Waals surface area contributed by atoms with Gasteiger partial charge in [-0.2, -0.15) is 0 Å². The average molecular weight is 278 g/mol. The highest BCUT2D eigenvalue weighted by Crippen LogP contribution is 2.33. The molecule has 3 nitrogen and oxygen atoms in total. The maximum absolute atomic E-state index is 6.14. The fourth-order valence-electron chi connectivity index (χ4n) is 1.93. The highest BCUT2D eigenvalue weighted by molar-refractivity contribution is 7.15. The molecule has 0 fully saturated rings. The van der Waals surface area contributed by atoms with Crippen molar-refractivity contribution in [1.29, 1.82) is 0 Å². The van der Waals surface area contributed by atoms with Crippen LogP contribution in [0, 0.1) is 0 Å². The summed E-state index contributed by atoms with van der Waals surface area (Å²) in [4.78, 5) is 6.96. The SMILES string of the molecule is CCc1ccc(-c2nc3c(Cl)cccn3c2N)s1. The van der Waals surface area contributed by atoms with Crippen LogP contribution in [-0.2, 0) is 6.42 Å². The van der Waals surface area contributed by atoms with Gasteiger partial charge in [0.1, 0.15) is 11.5 Å². The van der Waals surface area contributed by atoms with E-state index in [9.17, 15) is 0 Å². The predicted octanol–water partition coefficient (Wildman–Crippen LogP) is 3.86. The van der Waals surface area contributed by atoms with Crippen molar-refractivity contribution in [3.63, 3.8) is 0 Å². The van der Waals surface area contributed by atoms with Crippen LogP contribution in [0.15, 0.2) is 30.5 Å². The van der Waals surface area contributed by atoms with Crippen LogP contribution in [0.3, 0.4) is 0 Å². The second kappa shape index (κ2) is 4.30. The maximum atomic E-state index is 6.14. The smallest absolute Gasteiger partial charge is 0.158 e. The molecule has 0 aliphatic heterocycles. The van der Waals surface area contributed by atoms with Gasteiger partial charge >= 0.3 is 0 Å². The lowest BCUT2D eigenvalue weighted by Crippen LogP contribution is -1.93. The fourth-order valence-corrected chi connectivity index (χ4v) is 3.08. The Morgan fingerprint density at radius 2 is 2.22 bits per heavy atom. The number of rotatable bonds is 2. The van der Waals surface area contributed by atoms with Gasteiger partial charge in [0.05, 0.1) is 9.90 Å². The highest BCUT2D eigenvalue weighted by atomic mass is 35.5. The van der Waals surface area contributed by atoms with Crippen LogP contribution in [0.4, 0.5) is 5.82 Å². The first-order valence-corrected chi connectivity index (χ1v) is 6.91. The normalized spacial score (nSPS) is 11.2. The van der Waals surface area contributed by atoms with Gasteiger partial charge in [0.15, 0.2) is 5.65 Å². The molecule has 0 spiro atoms. The van der Waals surface area contributed by atoms with E-state index in [1.54, 1.807) is 11.3 Å². The summed E-state index contributed by atoms with van der Waals surface area (Å²) < 4.78 is 1.82. The van der Waals surface area contributed by atoms with Crippen molar-refractivity contribution in [3.8, 4) is 10.6 Å². The number of thiophene rings is 1. The first kappa shape index (κ1) is 11.6. The van der Waals surface area contributed by atoms with Crippen LogP contribution >= 0.6 is 22.9 Å². The van der Waals surface area contributed by atoms with Crippen molar-refractivity contribution in [3.05, 3.63) is 40.4 Å². The Balaban J connectivity index is 2.23. The van der Waals surface area contributed by atoms with Gasteiger partial charge in [0.25, 0.3) is 0 Å². The number of aryl methyl sites for hydroxylation is 1. The van der Waals surface area contributed by atoms with Crippen molar-refractivity contribution in [2.75, 3.05) is 5.73 Å². The number of pyridine rings is 1. The van der Waals surface area contributed by atoms with Crippen LogP contribution in [0.5, 0.6) is 0 Å². The minimum absolute atomic E-state index is 0.614. The molecule has 0 radical (unpaired) electrons. The zero-order valence-corrected chi connectivity index (χ0v) is 11.4. The number of nitrogens with zero attached hydrogens (tertiary/aromatic N) is 2. The first-order chi connectivity index (χ1) is 8.70. The number of halogens is 1. The van der Waals surface area contributed by atoms with Gasteiger partial charge < -0.3 is 5.73 Å². The maximum Gasteiger partial charge on any atom is 0.158 e. The third-order valence-corrected chi connectivity index (χ3v) is 4.41. The lowest BCUT2D eigenvalue weighted by atomic mass is 10.3. The van der Waals surface area contributed by atoms with Crippen LogP contribution in [0.1, 0.15) is 11.8 Å².